The molecule has 2 aromatic carbocycles. The van der Waals surface area contributed by atoms with Gasteiger partial charge in [0.1, 0.15) is 17.7 Å². The minimum absolute atomic E-state index is 0.151. The molecule has 0 aliphatic carbocycles. The number of pyridine rings is 1. The van der Waals surface area contributed by atoms with Gasteiger partial charge in [-0.15, -0.1) is 0 Å². The van der Waals surface area contributed by atoms with E-state index in [1.54, 1.807) is 43.3 Å². The van der Waals surface area contributed by atoms with Crippen LogP contribution in [0, 0.1) is 30.4 Å². The van der Waals surface area contributed by atoms with E-state index >= 15 is 0 Å². The van der Waals surface area contributed by atoms with Crippen molar-refractivity contribution in [3.05, 3.63) is 93.8 Å². The first-order valence-electron chi connectivity index (χ1n) is 12.9. The zero-order valence-corrected chi connectivity index (χ0v) is 22.7. The Kier molecular flexibility index (Phi) is 9.19. The third-order valence-electron chi connectivity index (χ3n) is 6.88. The molecule has 42 heavy (non-hydrogen) atoms. The van der Waals surface area contributed by atoms with Gasteiger partial charge in [0.25, 0.3) is 11.8 Å². The number of benzene rings is 2. The van der Waals surface area contributed by atoms with Crippen LogP contribution in [0.1, 0.15) is 62.4 Å². The van der Waals surface area contributed by atoms with E-state index in [1.807, 2.05) is 0 Å². The van der Waals surface area contributed by atoms with Gasteiger partial charge in [0.05, 0.1) is 22.5 Å². The van der Waals surface area contributed by atoms with E-state index in [0.29, 0.717) is 46.5 Å². The van der Waals surface area contributed by atoms with E-state index < -0.39 is 41.0 Å². The molecule has 11 heteroatoms. The van der Waals surface area contributed by atoms with Crippen LogP contribution in [0.25, 0.3) is 17.3 Å². The molecule has 214 valence electrons. The molecule has 0 radical (unpaired) electrons. The maximum Gasteiger partial charge on any atom is 0.326 e. The number of hydrazine groups is 1. The van der Waals surface area contributed by atoms with Gasteiger partial charge in [-0.1, -0.05) is 24.0 Å². The van der Waals surface area contributed by atoms with Gasteiger partial charge in [0.2, 0.25) is 0 Å². The van der Waals surface area contributed by atoms with Crippen molar-refractivity contribution in [2.45, 2.75) is 32.2 Å². The van der Waals surface area contributed by atoms with Crippen LogP contribution in [0.3, 0.4) is 0 Å². The Balaban J connectivity index is 1.59. The number of halogens is 2. The second-order valence-corrected chi connectivity index (χ2v) is 9.52. The molecule has 0 spiro atoms. The zero-order valence-electron chi connectivity index (χ0n) is 22.7. The summed E-state index contributed by atoms with van der Waals surface area (Å²) in [5, 5.41) is 9.42. The molecule has 1 unspecified atom stereocenters. The van der Waals surface area contributed by atoms with E-state index in [4.69, 9.17) is 5.84 Å². The lowest BCUT2D eigenvalue weighted by atomic mass is 10.00. The van der Waals surface area contributed by atoms with Crippen LogP contribution in [0.15, 0.2) is 53.7 Å². The number of carbonyl (C=O) groups excluding carboxylic acids is 2. The molecule has 2 heterocycles. The van der Waals surface area contributed by atoms with Gasteiger partial charge >= 0.3 is 5.97 Å². The summed E-state index contributed by atoms with van der Waals surface area (Å²) in [6, 6.07) is 8.83. The maximum absolute atomic E-state index is 14.9. The highest BCUT2D eigenvalue weighted by atomic mass is 19.1. The minimum atomic E-state index is -1.18. The summed E-state index contributed by atoms with van der Waals surface area (Å²) in [5.41, 5.74) is 4.37. The molecule has 1 fully saturated rings. The maximum atomic E-state index is 14.9. The van der Waals surface area contributed by atoms with Gasteiger partial charge < -0.3 is 10.0 Å². The third kappa shape index (κ3) is 6.40. The van der Waals surface area contributed by atoms with Crippen molar-refractivity contribution >= 4 is 30.6 Å². The summed E-state index contributed by atoms with van der Waals surface area (Å²) in [4.78, 5) is 46.0. The lowest BCUT2D eigenvalue weighted by Crippen LogP contribution is -2.48. The predicted octanol–water partition coefficient (Wildman–Crippen LogP) is 4.09. The summed E-state index contributed by atoms with van der Waals surface area (Å²) in [5.74, 6) is 6.25. The number of nitrogens with zero attached hydrogens (tertiary/aromatic N) is 3. The number of nitrogens with two attached hydrogens (primary N) is 1. The highest BCUT2D eigenvalue weighted by molar-refractivity contribution is 5.98. The van der Waals surface area contributed by atoms with E-state index in [0.717, 1.165) is 17.0 Å². The average molecular weight is 572 g/mol. The fraction of sp³-hybridized carbons (Fsp3) is 0.194. The number of carboxylic acids is 1. The summed E-state index contributed by atoms with van der Waals surface area (Å²) in [6.07, 6.45) is 4.53. The Labute approximate surface area is 240 Å². The van der Waals surface area contributed by atoms with Crippen molar-refractivity contribution in [1.82, 2.24) is 15.3 Å². The molecular weight excluding hydrogens is 544 g/mol. The lowest BCUT2D eigenvalue weighted by molar-refractivity contribution is -0.143. The standard InChI is InChI=1S/C31H27F2N5O4/c1-18-22(29(39)37-34)17-27(36-26(18)12-13-35-2)20-9-6-19(7-10-20)8-11-21-15-25(33)23(16-24(21)32)30(40)38-14-4-3-5-28(38)31(41)42/h6-7,9-10,12-13,15-17,28H,2-5,14,34H2,1H3,(H,37,39)(H,41,42)/b13-12-. The molecule has 9 nitrogen and oxygen atoms in total. The molecular formula is C31H27F2N5O4. The topological polar surface area (TPSA) is 138 Å². The lowest BCUT2D eigenvalue weighted by Gasteiger charge is -2.33. The van der Waals surface area contributed by atoms with Gasteiger partial charge in [-0.2, -0.15) is 0 Å². The van der Waals surface area contributed by atoms with Crippen LogP contribution in [-0.4, -0.2) is 52.1 Å². The number of nitrogens with one attached hydrogen (secondary N) is 1. The molecule has 2 amide bonds. The second kappa shape index (κ2) is 13.0. The van der Waals surface area contributed by atoms with Crippen molar-refractivity contribution in [3.8, 4) is 23.1 Å². The Morgan fingerprint density at radius 3 is 2.52 bits per heavy atom. The molecule has 1 saturated heterocycles. The van der Waals surface area contributed by atoms with Gasteiger partial charge in [-0.25, -0.2) is 24.4 Å². The number of aliphatic carboxylic acids is 1. The van der Waals surface area contributed by atoms with Crippen LogP contribution < -0.4 is 11.3 Å². The largest absolute Gasteiger partial charge is 0.480 e. The summed E-state index contributed by atoms with van der Waals surface area (Å²) < 4.78 is 29.8. The molecule has 0 bridgehead atoms. The highest BCUT2D eigenvalue weighted by Crippen LogP contribution is 2.25. The number of aromatic nitrogens is 1. The van der Waals surface area contributed by atoms with Crippen LogP contribution in [-0.2, 0) is 4.79 Å². The fourth-order valence-corrected chi connectivity index (χ4v) is 4.63. The number of carbonyl (C=O) groups is 3. The number of amides is 2. The van der Waals surface area contributed by atoms with E-state index in [2.05, 4.69) is 34.0 Å². The smallest absolute Gasteiger partial charge is 0.326 e. The second-order valence-electron chi connectivity index (χ2n) is 9.52. The van der Waals surface area contributed by atoms with E-state index in [-0.39, 0.29) is 18.5 Å². The summed E-state index contributed by atoms with van der Waals surface area (Å²) in [7, 11) is 0. The number of piperidine rings is 1. The Hall–Kier alpha value is -5.21. The van der Waals surface area contributed by atoms with Crippen LogP contribution in [0.2, 0.25) is 0 Å². The molecule has 1 atom stereocenters. The van der Waals surface area contributed by atoms with Gasteiger partial charge in [-0.3, -0.25) is 20.0 Å². The number of hydrogen-bond donors (Lipinski definition) is 3. The van der Waals surface area contributed by atoms with Crippen LogP contribution in [0.4, 0.5) is 8.78 Å². The Morgan fingerprint density at radius 2 is 1.86 bits per heavy atom. The predicted molar refractivity (Wildman–Crippen MR) is 153 cm³/mol. The fourth-order valence-electron chi connectivity index (χ4n) is 4.63. The molecule has 1 aliphatic heterocycles. The Morgan fingerprint density at radius 1 is 1.12 bits per heavy atom. The number of nitrogen functional groups attached to an aromatic ring is 1. The summed E-state index contributed by atoms with van der Waals surface area (Å²) in [6.45, 7) is 5.28. The van der Waals surface area contributed by atoms with Gasteiger partial charge in [-0.05, 0) is 74.9 Å². The van der Waals surface area contributed by atoms with E-state index in [1.165, 1.54) is 6.20 Å². The first-order chi connectivity index (χ1) is 20.1. The molecule has 1 aliphatic rings. The van der Waals surface area contributed by atoms with Crippen molar-refractivity contribution in [1.29, 1.82) is 0 Å². The van der Waals surface area contributed by atoms with Gasteiger partial charge in [0, 0.05) is 29.4 Å². The third-order valence-corrected chi connectivity index (χ3v) is 6.88. The normalized spacial score (nSPS) is 14.7. The number of rotatable bonds is 6. The first-order valence-corrected chi connectivity index (χ1v) is 12.9. The zero-order chi connectivity index (χ0) is 30.4. The number of aliphatic imine (C=N–C) groups is 1. The quantitative estimate of drug-likeness (QED) is 0.134. The number of likely N-dealkylation sites (tertiary alicyclic amines) is 1. The SMILES string of the molecule is C=N/C=C\c1nc(-c2ccc(C#Cc3cc(F)c(C(=O)N4CCCCC4C(=O)O)cc3F)cc2)cc(C(=O)NN)c1C. The van der Waals surface area contributed by atoms with Crippen LogP contribution in [0.5, 0.6) is 0 Å². The molecule has 4 rings (SSSR count). The molecule has 3 aromatic rings. The van der Waals surface area contributed by atoms with E-state index in [9.17, 15) is 28.3 Å². The van der Waals surface area contributed by atoms with Crippen molar-refractivity contribution in [2.24, 2.45) is 10.8 Å². The van der Waals surface area contributed by atoms with Crippen molar-refractivity contribution < 1.29 is 28.3 Å². The molecule has 0 saturated carbocycles. The first kappa shape index (κ1) is 29.8. The molecule has 4 N–H and O–H groups in total. The monoisotopic (exact) mass is 571 g/mol. The molecule has 1 aromatic heterocycles. The van der Waals surface area contributed by atoms with Crippen molar-refractivity contribution in [3.63, 3.8) is 0 Å². The minimum Gasteiger partial charge on any atom is -0.480 e. The Bertz CT molecular complexity index is 1660. The number of carboxylic acid groups (broad SMARTS) is 1. The van der Waals surface area contributed by atoms with Crippen LogP contribution >= 0.6 is 0 Å². The average Bonchev–Trinajstić information content (AvgIpc) is 3.00. The van der Waals surface area contributed by atoms with Crippen molar-refractivity contribution in [2.75, 3.05) is 6.54 Å². The van der Waals surface area contributed by atoms with Gasteiger partial charge in [0.15, 0.2) is 0 Å². The highest BCUT2D eigenvalue weighted by Gasteiger charge is 2.33. The number of hydrogen-bond acceptors (Lipinski definition) is 6. The summed E-state index contributed by atoms with van der Waals surface area (Å²) >= 11 is 0.